The molecule has 0 amide bonds. The van der Waals surface area contributed by atoms with E-state index in [0.29, 0.717) is 18.0 Å². The Bertz CT molecular complexity index is 831. The van der Waals surface area contributed by atoms with Gasteiger partial charge in [0.1, 0.15) is 0 Å². The van der Waals surface area contributed by atoms with Gasteiger partial charge in [-0.25, -0.2) is 0 Å². The molecule has 2 N–H and O–H groups in total. The largest absolute Gasteiger partial charge is 0.493 e. The van der Waals surface area contributed by atoms with Gasteiger partial charge in [-0.05, 0) is 61.0 Å². The summed E-state index contributed by atoms with van der Waals surface area (Å²) in [4.78, 5) is 0. The maximum absolute atomic E-state index is 12.9. The lowest BCUT2D eigenvalue weighted by Gasteiger charge is -2.14. The third-order valence-electron chi connectivity index (χ3n) is 3.91. The minimum atomic E-state index is -4.52. The lowest BCUT2D eigenvalue weighted by Crippen LogP contribution is -2.29. The van der Waals surface area contributed by atoms with Crippen molar-refractivity contribution in [2.24, 2.45) is 0 Å². The number of nitrogens with one attached hydrogen (secondary N) is 2. The van der Waals surface area contributed by atoms with Crippen molar-refractivity contribution in [2.75, 3.05) is 26.1 Å². The zero-order valence-corrected chi connectivity index (χ0v) is 16.9. The minimum absolute atomic E-state index is 0.217. The Kier molecular flexibility index (Phi) is 7.77. The first kappa shape index (κ1) is 22.1. The first-order valence-corrected chi connectivity index (χ1v) is 9.15. The fourth-order valence-corrected chi connectivity index (χ4v) is 2.97. The molecule has 0 atom stereocenters. The van der Waals surface area contributed by atoms with E-state index in [1.165, 1.54) is 12.1 Å². The lowest BCUT2D eigenvalue weighted by molar-refractivity contribution is -0.137. The normalized spacial score (nSPS) is 11.1. The first-order valence-electron chi connectivity index (χ1n) is 8.37. The number of benzene rings is 2. The molecule has 0 saturated heterocycles. The van der Waals surface area contributed by atoms with Gasteiger partial charge in [0.05, 0.1) is 24.8 Å². The summed E-state index contributed by atoms with van der Waals surface area (Å²) >= 11 is 10.7. The first-order chi connectivity index (χ1) is 13.2. The molecule has 2 rings (SSSR count). The van der Waals surface area contributed by atoms with Crippen LogP contribution >= 0.6 is 23.8 Å². The van der Waals surface area contributed by atoms with Gasteiger partial charge in [-0.2, -0.15) is 13.2 Å². The number of rotatable bonds is 7. The van der Waals surface area contributed by atoms with E-state index in [-0.39, 0.29) is 15.8 Å². The van der Waals surface area contributed by atoms with Crippen LogP contribution in [-0.4, -0.2) is 25.9 Å². The highest BCUT2D eigenvalue weighted by molar-refractivity contribution is 7.80. The summed E-state index contributed by atoms with van der Waals surface area (Å²) < 4.78 is 49.2. The van der Waals surface area contributed by atoms with E-state index >= 15 is 0 Å². The second-order valence-corrected chi connectivity index (χ2v) is 6.68. The number of ether oxygens (including phenoxy) is 2. The van der Waals surface area contributed by atoms with Crippen LogP contribution in [0.25, 0.3) is 0 Å². The Morgan fingerprint density at radius 1 is 1.07 bits per heavy atom. The number of halogens is 4. The molecule has 0 aliphatic rings. The van der Waals surface area contributed by atoms with Crippen molar-refractivity contribution >= 4 is 34.6 Å². The van der Waals surface area contributed by atoms with Crippen molar-refractivity contribution in [3.8, 4) is 11.5 Å². The van der Waals surface area contributed by atoms with E-state index in [1.807, 2.05) is 18.2 Å². The van der Waals surface area contributed by atoms with Crippen molar-refractivity contribution < 1.29 is 22.6 Å². The Hall–Kier alpha value is -2.19. The van der Waals surface area contributed by atoms with Crippen LogP contribution in [0, 0.1) is 0 Å². The zero-order valence-electron chi connectivity index (χ0n) is 15.3. The molecule has 0 fully saturated rings. The lowest BCUT2D eigenvalue weighted by atomic mass is 10.1. The predicted molar refractivity (Wildman–Crippen MR) is 109 cm³/mol. The molecule has 28 heavy (non-hydrogen) atoms. The Morgan fingerprint density at radius 2 is 1.79 bits per heavy atom. The summed E-state index contributed by atoms with van der Waals surface area (Å²) in [5.74, 6) is 1.32. The molecule has 0 saturated carbocycles. The summed E-state index contributed by atoms with van der Waals surface area (Å²) in [6.07, 6.45) is -2.98. The van der Waals surface area contributed by atoms with Crippen molar-refractivity contribution in [1.29, 1.82) is 0 Å². The summed E-state index contributed by atoms with van der Waals surface area (Å²) in [5.41, 5.74) is 0.385. The monoisotopic (exact) mass is 432 g/mol. The third-order valence-corrected chi connectivity index (χ3v) is 4.48. The van der Waals surface area contributed by atoms with Crippen LogP contribution in [0.2, 0.25) is 5.02 Å². The van der Waals surface area contributed by atoms with Gasteiger partial charge in [-0.1, -0.05) is 17.7 Å². The molecule has 0 aliphatic heterocycles. The molecular weight excluding hydrogens is 413 g/mol. The zero-order chi connectivity index (χ0) is 20.7. The van der Waals surface area contributed by atoms with Gasteiger partial charge in [0.2, 0.25) is 0 Å². The Morgan fingerprint density at radius 3 is 2.43 bits per heavy atom. The van der Waals surface area contributed by atoms with Crippen LogP contribution in [0.3, 0.4) is 0 Å². The summed E-state index contributed by atoms with van der Waals surface area (Å²) in [6.45, 7) is 0.555. The minimum Gasteiger partial charge on any atom is -0.493 e. The number of alkyl halides is 3. The number of thiocarbonyl (C=S) groups is 1. The third kappa shape index (κ3) is 6.17. The molecule has 2 aromatic carbocycles. The second kappa shape index (κ2) is 9.84. The van der Waals surface area contributed by atoms with Crippen LogP contribution < -0.4 is 20.1 Å². The van der Waals surface area contributed by atoms with E-state index in [4.69, 9.17) is 33.3 Å². The SMILES string of the molecule is COc1ccc(CCCNC(=S)Nc2ccc(Cl)c(C(F)(F)F)c2)cc1OC. The van der Waals surface area contributed by atoms with Crippen LogP contribution in [0.5, 0.6) is 11.5 Å². The Labute approximate surface area is 172 Å². The van der Waals surface area contributed by atoms with Crippen LogP contribution in [0.4, 0.5) is 18.9 Å². The molecule has 9 heteroatoms. The molecule has 0 aliphatic carbocycles. The number of hydrogen-bond acceptors (Lipinski definition) is 3. The van der Waals surface area contributed by atoms with Gasteiger partial charge in [-0.15, -0.1) is 0 Å². The molecule has 4 nitrogen and oxygen atoms in total. The van der Waals surface area contributed by atoms with Crippen molar-refractivity contribution in [3.63, 3.8) is 0 Å². The van der Waals surface area contributed by atoms with Crippen molar-refractivity contribution in [2.45, 2.75) is 19.0 Å². The van der Waals surface area contributed by atoms with Gasteiger partial charge >= 0.3 is 6.18 Å². The van der Waals surface area contributed by atoms with Gasteiger partial charge < -0.3 is 20.1 Å². The number of anilines is 1. The second-order valence-electron chi connectivity index (χ2n) is 5.87. The van der Waals surface area contributed by atoms with Crippen molar-refractivity contribution in [3.05, 3.63) is 52.5 Å². The van der Waals surface area contributed by atoms with Gasteiger partial charge in [0.25, 0.3) is 0 Å². The summed E-state index contributed by atoms with van der Waals surface area (Å²) in [5, 5.41) is 5.60. The molecule has 0 aromatic heterocycles. The highest BCUT2D eigenvalue weighted by Gasteiger charge is 2.33. The maximum atomic E-state index is 12.9. The molecule has 0 unspecified atom stereocenters. The molecule has 0 spiro atoms. The van der Waals surface area contributed by atoms with Gasteiger partial charge in [0.15, 0.2) is 16.6 Å². The summed E-state index contributed by atoms with van der Waals surface area (Å²) in [6, 6.07) is 9.25. The van der Waals surface area contributed by atoms with E-state index in [2.05, 4.69) is 10.6 Å². The molecule has 2 aromatic rings. The highest BCUT2D eigenvalue weighted by Crippen LogP contribution is 2.36. The number of methoxy groups -OCH3 is 2. The van der Waals surface area contributed by atoms with Crippen LogP contribution in [0.15, 0.2) is 36.4 Å². The van der Waals surface area contributed by atoms with Crippen LogP contribution in [-0.2, 0) is 12.6 Å². The highest BCUT2D eigenvalue weighted by atomic mass is 35.5. The molecule has 0 radical (unpaired) electrons. The number of aryl methyl sites for hydroxylation is 1. The fourth-order valence-electron chi connectivity index (χ4n) is 2.53. The molecule has 152 valence electrons. The van der Waals surface area contributed by atoms with Gasteiger partial charge in [0, 0.05) is 12.2 Å². The Balaban J connectivity index is 1.84. The topological polar surface area (TPSA) is 42.5 Å². The maximum Gasteiger partial charge on any atom is 0.417 e. The van der Waals surface area contributed by atoms with Gasteiger partial charge in [-0.3, -0.25) is 0 Å². The smallest absolute Gasteiger partial charge is 0.417 e. The van der Waals surface area contributed by atoms with E-state index in [1.54, 1.807) is 14.2 Å². The van der Waals surface area contributed by atoms with E-state index < -0.39 is 11.7 Å². The molecular formula is C19H20ClF3N2O2S. The molecule has 0 bridgehead atoms. The molecule has 0 heterocycles. The van der Waals surface area contributed by atoms with Crippen molar-refractivity contribution in [1.82, 2.24) is 5.32 Å². The van der Waals surface area contributed by atoms with E-state index in [9.17, 15) is 13.2 Å². The number of hydrogen-bond donors (Lipinski definition) is 2. The summed E-state index contributed by atoms with van der Waals surface area (Å²) in [7, 11) is 3.15. The standard InChI is InChI=1S/C19H20ClF3N2O2S/c1-26-16-8-5-12(10-17(16)27-2)4-3-9-24-18(28)25-13-6-7-15(20)14(11-13)19(21,22)23/h5-8,10-11H,3-4,9H2,1-2H3,(H2,24,25,28). The fraction of sp³-hybridized carbons (Fsp3) is 0.316. The average molecular weight is 433 g/mol. The van der Waals surface area contributed by atoms with E-state index in [0.717, 1.165) is 24.5 Å². The van der Waals surface area contributed by atoms with Crippen LogP contribution in [0.1, 0.15) is 17.5 Å². The quantitative estimate of drug-likeness (QED) is 0.459. The predicted octanol–water partition coefficient (Wildman–Crippen LogP) is 5.30. The average Bonchev–Trinajstić information content (AvgIpc) is 2.65.